The molecule has 2 nitrogen and oxygen atoms in total. The lowest BCUT2D eigenvalue weighted by Crippen LogP contribution is -2.09. The first kappa shape index (κ1) is 36.4. The molecule has 6 aromatic carbocycles. The third kappa shape index (κ3) is 9.90. The number of benzene rings is 6. The summed E-state index contributed by atoms with van der Waals surface area (Å²) < 4.78 is 0. The summed E-state index contributed by atoms with van der Waals surface area (Å²) in [5, 5.41) is 0. The minimum Gasteiger partial charge on any atom is -0.317 e. The standard InChI is InChI=1S/C51H48N2/c1-6-10-43(11-9-38-52(47-28-14-39(2)15-29-47)48-30-16-40(3)17-31-48)22-26-45-12-7-8-13-46(45)27-23-44-24-36-51(37-25-44)53(49-32-18-41(4)19-33-49)50-34-20-42(5)21-35-50/h6-38H,1-5H3/b10-6-,26-22+,27-23+,38-9+,43-11+. The Bertz CT molecular complexity index is 2140. The monoisotopic (exact) mass is 688 g/mol. The highest BCUT2D eigenvalue weighted by atomic mass is 15.1. The Labute approximate surface area is 316 Å². The van der Waals surface area contributed by atoms with E-state index in [0.717, 1.165) is 50.7 Å². The van der Waals surface area contributed by atoms with Crippen molar-refractivity contribution >= 4 is 46.7 Å². The summed E-state index contributed by atoms with van der Waals surface area (Å²) in [6, 6.07) is 52.0. The summed E-state index contributed by atoms with van der Waals surface area (Å²) in [6.07, 6.45) is 19.4. The molecular formula is C51H48N2. The molecule has 2 heteroatoms. The van der Waals surface area contributed by atoms with E-state index >= 15 is 0 Å². The van der Waals surface area contributed by atoms with Crippen LogP contribution in [0.25, 0.3) is 18.2 Å². The Balaban J connectivity index is 1.21. The van der Waals surface area contributed by atoms with Crippen molar-refractivity contribution < 1.29 is 0 Å². The van der Waals surface area contributed by atoms with Gasteiger partial charge in [-0.1, -0.05) is 150 Å². The first-order valence-corrected chi connectivity index (χ1v) is 18.3. The van der Waals surface area contributed by atoms with Gasteiger partial charge < -0.3 is 9.80 Å². The van der Waals surface area contributed by atoms with Gasteiger partial charge >= 0.3 is 0 Å². The molecule has 6 rings (SSSR count). The molecule has 0 aliphatic carbocycles. The number of allylic oxidation sites excluding steroid dienone is 6. The topological polar surface area (TPSA) is 6.48 Å². The van der Waals surface area contributed by atoms with Gasteiger partial charge in [0.1, 0.15) is 0 Å². The van der Waals surface area contributed by atoms with Crippen molar-refractivity contribution in [3.05, 3.63) is 227 Å². The van der Waals surface area contributed by atoms with Crippen LogP contribution in [0.3, 0.4) is 0 Å². The van der Waals surface area contributed by atoms with Gasteiger partial charge in [0, 0.05) is 34.6 Å². The summed E-state index contributed by atoms with van der Waals surface area (Å²) in [6.45, 7) is 10.5. The molecule has 262 valence electrons. The number of hydrogen-bond acceptors (Lipinski definition) is 2. The molecule has 0 amide bonds. The van der Waals surface area contributed by atoms with E-state index in [1.54, 1.807) is 0 Å². The highest BCUT2D eigenvalue weighted by Crippen LogP contribution is 2.35. The lowest BCUT2D eigenvalue weighted by atomic mass is 10.0. The van der Waals surface area contributed by atoms with Gasteiger partial charge in [-0.15, -0.1) is 0 Å². The largest absolute Gasteiger partial charge is 0.317 e. The maximum absolute atomic E-state index is 2.31. The number of nitrogens with zero attached hydrogens (tertiary/aromatic N) is 2. The van der Waals surface area contributed by atoms with E-state index in [2.05, 4.69) is 245 Å². The van der Waals surface area contributed by atoms with Gasteiger partial charge in [-0.25, -0.2) is 0 Å². The van der Waals surface area contributed by atoms with Crippen molar-refractivity contribution in [3.8, 4) is 0 Å². The minimum atomic E-state index is 1.11. The van der Waals surface area contributed by atoms with Crippen LogP contribution >= 0.6 is 0 Å². The molecule has 0 aromatic heterocycles. The molecule has 0 aliphatic rings. The van der Waals surface area contributed by atoms with E-state index in [1.165, 1.54) is 22.3 Å². The molecule has 6 aromatic rings. The number of anilines is 5. The van der Waals surface area contributed by atoms with E-state index in [4.69, 9.17) is 0 Å². The Hall–Kier alpha value is -6.38. The van der Waals surface area contributed by atoms with Gasteiger partial charge in [0.05, 0.1) is 0 Å². The summed E-state index contributed by atoms with van der Waals surface area (Å²) in [5.41, 5.74) is 15.2. The van der Waals surface area contributed by atoms with E-state index in [1.807, 2.05) is 0 Å². The Morgan fingerprint density at radius 1 is 0.434 bits per heavy atom. The van der Waals surface area contributed by atoms with Crippen LogP contribution in [-0.4, -0.2) is 0 Å². The second-order valence-electron chi connectivity index (χ2n) is 13.4. The average Bonchev–Trinajstić information content (AvgIpc) is 3.18. The molecule has 0 atom stereocenters. The molecule has 0 radical (unpaired) electrons. The molecule has 0 saturated carbocycles. The van der Waals surface area contributed by atoms with Gasteiger partial charge in [0.2, 0.25) is 0 Å². The number of hydrogen-bond donors (Lipinski definition) is 0. The molecule has 0 spiro atoms. The highest BCUT2D eigenvalue weighted by Gasteiger charge is 2.12. The lowest BCUT2D eigenvalue weighted by Gasteiger charge is -2.25. The first-order chi connectivity index (χ1) is 25.9. The van der Waals surface area contributed by atoms with Crippen molar-refractivity contribution in [2.24, 2.45) is 0 Å². The molecule has 53 heavy (non-hydrogen) atoms. The van der Waals surface area contributed by atoms with Crippen molar-refractivity contribution in [2.75, 3.05) is 9.80 Å². The predicted molar refractivity (Wildman–Crippen MR) is 232 cm³/mol. The normalized spacial score (nSPS) is 12.1. The fourth-order valence-electron chi connectivity index (χ4n) is 6.09. The Kier molecular flexibility index (Phi) is 12.2. The maximum atomic E-state index is 2.31. The van der Waals surface area contributed by atoms with Gasteiger partial charge in [0.15, 0.2) is 0 Å². The third-order valence-corrected chi connectivity index (χ3v) is 9.15. The van der Waals surface area contributed by atoms with E-state index < -0.39 is 0 Å². The van der Waals surface area contributed by atoms with Gasteiger partial charge in [0.25, 0.3) is 0 Å². The Morgan fingerprint density at radius 2 is 0.849 bits per heavy atom. The summed E-state index contributed by atoms with van der Waals surface area (Å²) >= 11 is 0. The van der Waals surface area contributed by atoms with E-state index in [0.29, 0.717) is 0 Å². The van der Waals surface area contributed by atoms with Crippen LogP contribution in [0.4, 0.5) is 28.4 Å². The zero-order valence-electron chi connectivity index (χ0n) is 31.4. The van der Waals surface area contributed by atoms with Crippen molar-refractivity contribution in [3.63, 3.8) is 0 Å². The number of rotatable bonds is 12. The zero-order chi connectivity index (χ0) is 37.0. The van der Waals surface area contributed by atoms with Crippen LogP contribution in [0.15, 0.2) is 188 Å². The SMILES string of the molecule is C\C=C/C(/C=C/c1ccccc1/C=C/c1ccc(N(c2ccc(C)cc2)c2ccc(C)cc2)cc1)=C\C=C\N(c1ccc(C)cc1)c1ccc(C)cc1. The Morgan fingerprint density at radius 3 is 1.30 bits per heavy atom. The van der Waals surface area contributed by atoms with Crippen molar-refractivity contribution in [1.29, 1.82) is 0 Å². The van der Waals surface area contributed by atoms with Crippen LogP contribution in [0.5, 0.6) is 0 Å². The van der Waals surface area contributed by atoms with Crippen LogP contribution in [0, 0.1) is 27.7 Å². The third-order valence-electron chi connectivity index (χ3n) is 9.15. The maximum Gasteiger partial charge on any atom is 0.0462 e. The van der Waals surface area contributed by atoms with Gasteiger partial charge in [-0.3, -0.25) is 0 Å². The second-order valence-corrected chi connectivity index (χ2v) is 13.4. The van der Waals surface area contributed by atoms with Crippen LogP contribution in [0.1, 0.15) is 45.9 Å². The first-order valence-electron chi connectivity index (χ1n) is 18.3. The molecule has 0 heterocycles. The van der Waals surface area contributed by atoms with Crippen LogP contribution in [0.2, 0.25) is 0 Å². The minimum absolute atomic E-state index is 1.11. The molecule has 0 saturated heterocycles. The molecule has 0 fully saturated rings. The highest BCUT2D eigenvalue weighted by molar-refractivity contribution is 5.79. The lowest BCUT2D eigenvalue weighted by molar-refractivity contribution is 1.27. The quantitative estimate of drug-likeness (QED) is 0.0933. The molecular weight excluding hydrogens is 641 g/mol. The van der Waals surface area contributed by atoms with Crippen molar-refractivity contribution in [1.82, 2.24) is 0 Å². The molecule has 0 unspecified atom stereocenters. The zero-order valence-corrected chi connectivity index (χ0v) is 31.4. The molecule has 0 N–H and O–H groups in total. The number of aryl methyl sites for hydroxylation is 4. The summed E-state index contributed by atoms with van der Waals surface area (Å²) in [5.74, 6) is 0. The fourth-order valence-corrected chi connectivity index (χ4v) is 6.09. The van der Waals surface area contributed by atoms with Crippen LogP contribution in [-0.2, 0) is 0 Å². The predicted octanol–water partition coefficient (Wildman–Crippen LogP) is 14.4. The fraction of sp³-hybridized carbons (Fsp3) is 0.0980. The van der Waals surface area contributed by atoms with Crippen LogP contribution < -0.4 is 9.80 Å². The van der Waals surface area contributed by atoms with Gasteiger partial charge in [-0.05, 0) is 124 Å². The van der Waals surface area contributed by atoms with Crippen molar-refractivity contribution in [2.45, 2.75) is 34.6 Å². The van der Waals surface area contributed by atoms with E-state index in [9.17, 15) is 0 Å². The smallest absolute Gasteiger partial charge is 0.0462 e. The summed E-state index contributed by atoms with van der Waals surface area (Å²) in [7, 11) is 0. The molecule has 0 bridgehead atoms. The molecule has 0 aliphatic heterocycles. The van der Waals surface area contributed by atoms with E-state index in [-0.39, 0.29) is 0 Å². The summed E-state index contributed by atoms with van der Waals surface area (Å²) in [4.78, 5) is 4.53. The second kappa shape index (κ2) is 17.7. The average molecular weight is 689 g/mol. The van der Waals surface area contributed by atoms with Gasteiger partial charge in [-0.2, -0.15) is 0 Å².